The predicted octanol–water partition coefficient (Wildman–Crippen LogP) is 3.35. The normalized spacial score (nSPS) is 14.8. The van der Waals surface area contributed by atoms with Crippen LogP contribution in [0.4, 0.5) is 0 Å². The van der Waals surface area contributed by atoms with Crippen molar-refractivity contribution in [3.8, 4) is 17.0 Å². The van der Waals surface area contributed by atoms with Crippen LogP contribution in [0.3, 0.4) is 0 Å². The lowest BCUT2D eigenvalue weighted by molar-refractivity contribution is 0.0621. The number of H-pyrrole nitrogens is 1. The van der Waals surface area contributed by atoms with Gasteiger partial charge in [-0.1, -0.05) is 48.0 Å². The van der Waals surface area contributed by atoms with Crippen LogP contribution in [-0.2, 0) is 6.54 Å². The summed E-state index contributed by atoms with van der Waals surface area (Å²) in [6.07, 6.45) is 0. The highest BCUT2D eigenvalue weighted by Gasteiger charge is 2.24. The average Bonchev–Trinajstić information content (AvgIpc) is 3.25. The van der Waals surface area contributed by atoms with Gasteiger partial charge in [-0.15, -0.1) is 0 Å². The van der Waals surface area contributed by atoms with Crippen LogP contribution in [0.25, 0.3) is 11.3 Å². The Morgan fingerprint density at radius 2 is 1.83 bits per heavy atom. The van der Waals surface area contributed by atoms with Crippen LogP contribution in [0.15, 0.2) is 54.6 Å². The van der Waals surface area contributed by atoms with Crippen LogP contribution in [0.1, 0.15) is 21.6 Å². The molecule has 1 saturated heterocycles. The van der Waals surface area contributed by atoms with Gasteiger partial charge in [0.1, 0.15) is 11.4 Å². The summed E-state index contributed by atoms with van der Waals surface area (Å²) in [6.45, 7) is 5.99. The summed E-state index contributed by atoms with van der Waals surface area (Å²) in [4.78, 5) is 17.1. The average molecular weight is 390 g/mol. The van der Waals surface area contributed by atoms with Gasteiger partial charge in [-0.25, -0.2) is 0 Å². The number of carbonyl (C=O) groups is 1. The number of aromatic amines is 1. The third-order valence-corrected chi connectivity index (χ3v) is 5.37. The second-order valence-corrected chi connectivity index (χ2v) is 7.42. The molecule has 3 aromatic rings. The second-order valence-electron chi connectivity index (χ2n) is 7.42. The van der Waals surface area contributed by atoms with Crippen LogP contribution < -0.4 is 4.74 Å². The standard InChI is InChI=1S/C23H26N4O2/c1-17-8-9-22(29-2)19(14-17)16-26-10-12-27(13-11-26)23(28)21-15-20(24-25-21)18-6-4-3-5-7-18/h3-9,14-15H,10-13,16H2,1-2H3,(H,24,25). The zero-order valence-corrected chi connectivity index (χ0v) is 16.9. The molecule has 29 heavy (non-hydrogen) atoms. The molecule has 6 nitrogen and oxygen atoms in total. The summed E-state index contributed by atoms with van der Waals surface area (Å²) < 4.78 is 5.50. The number of aromatic nitrogens is 2. The summed E-state index contributed by atoms with van der Waals surface area (Å²) in [7, 11) is 1.71. The quantitative estimate of drug-likeness (QED) is 0.726. The van der Waals surface area contributed by atoms with Gasteiger partial charge in [-0.3, -0.25) is 14.8 Å². The van der Waals surface area contributed by atoms with Crippen LogP contribution in [0.5, 0.6) is 5.75 Å². The Labute approximate surface area is 171 Å². The van der Waals surface area contributed by atoms with E-state index in [0.717, 1.165) is 36.6 Å². The number of piperazine rings is 1. The molecule has 1 aliphatic heterocycles. The Balaban J connectivity index is 1.37. The molecule has 4 rings (SSSR count). The summed E-state index contributed by atoms with van der Waals surface area (Å²) in [6, 6.07) is 18.0. The van der Waals surface area contributed by atoms with Gasteiger partial charge in [-0.05, 0) is 19.1 Å². The number of nitrogens with zero attached hydrogens (tertiary/aromatic N) is 3. The molecule has 1 fully saturated rings. The fourth-order valence-corrected chi connectivity index (χ4v) is 3.74. The van der Waals surface area contributed by atoms with Gasteiger partial charge < -0.3 is 9.64 Å². The van der Waals surface area contributed by atoms with Gasteiger partial charge in [0.2, 0.25) is 0 Å². The highest BCUT2D eigenvalue weighted by atomic mass is 16.5. The summed E-state index contributed by atoms with van der Waals surface area (Å²) in [5.74, 6) is 0.924. The molecule has 0 radical (unpaired) electrons. The smallest absolute Gasteiger partial charge is 0.271 e. The molecule has 2 heterocycles. The maximum Gasteiger partial charge on any atom is 0.271 e. The molecule has 0 saturated carbocycles. The van der Waals surface area contributed by atoms with E-state index in [1.807, 2.05) is 47.4 Å². The Morgan fingerprint density at radius 3 is 2.55 bits per heavy atom. The highest BCUT2D eigenvalue weighted by molar-refractivity contribution is 5.93. The third kappa shape index (κ3) is 4.32. The van der Waals surface area contributed by atoms with Gasteiger partial charge in [0.05, 0.1) is 12.8 Å². The Bertz CT molecular complexity index is 976. The number of rotatable bonds is 5. The Morgan fingerprint density at radius 1 is 1.07 bits per heavy atom. The van der Waals surface area contributed by atoms with Crippen molar-refractivity contribution in [2.24, 2.45) is 0 Å². The number of benzene rings is 2. The van der Waals surface area contributed by atoms with Gasteiger partial charge in [-0.2, -0.15) is 5.10 Å². The summed E-state index contributed by atoms with van der Waals surface area (Å²) >= 11 is 0. The SMILES string of the molecule is COc1ccc(C)cc1CN1CCN(C(=O)c2cc(-c3ccccc3)n[nH]2)CC1. The lowest BCUT2D eigenvalue weighted by atomic mass is 10.1. The van der Waals surface area contributed by atoms with E-state index >= 15 is 0 Å². The van der Waals surface area contributed by atoms with Crippen molar-refractivity contribution in [1.29, 1.82) is 0 Å². The molecule has 150 valence electrons. The number of carbonyl (C=O) groups excluding carboxylic acids is 1. The van der Waals surface area contributed by atoms with Crippen molar-refractivity contribution >= 4 is 5.91 Å². The largest absolute Gasteiger partial charge is 0.496 e. The maximum atomic E-state index is 12.9. The predicted molar refractivity (Wildman–Crippen MR) is 113 cm³/mol. The maximum absolute atomic E-state index is 12.9. The second kappa shape index (κ2) is 8.49. The van der Waals surface area contributed by atoms with Gasteiger partial charge in [0.15, 0.2) is 0 Å². The number of ether oxygens (including phenoxy) is 1. The number of aryl methyl sites for hydroxylation is 1. The number of amides is 1. The molecular formula is C23H26N4O2. The fourth-order valence-electron chi connectivity index (χ4n) is 3.74. The minimum atomic E-state index is 0.00691. The van der Waals surface area contributed by atoms with Crippen LogP contribution in [0, 0.1) is 6.92 Å². The number of hydrogen-bond acceptors (Lipinski definition) is 4. The molecule has 0 unspecified atom stereocenters. The monoisotopic (exact) mass is 390 g/mol. The summed E-state index contributed by atoms with van der Waals surface area (Å²) in [5, 5.41) is 7.21. The van der Waals surface area contributed by atoms with Crippen molar-refractivity contribution in [2.45, 2.75) is 13.5 Å². The zero-order chi connectivity index (χ0) is 20.2. The minimum absolute atomic E-state index is 0.00691. The molecular weight excluding hydrogens is 364 g/mol. The Kier molecular flexibility index (Phi) is 5.62. The van der Waals surface area contributed by atoms with E-state index < -0.39 is 0 Å². The van der Waals surface area contributed by atoms with E-state index in [2.05, 4.69) is 34.2 Å². The van der Waals surface area contributed by atoms with Gasteiger partial charge >= 0.3 is 0 Å². The zero-order valence-electron chi connectivity index (χ0n) is 16.9. The third-order valence-electron chi connectivity index (χ3n) is 5.37. The van der Waals surface area contributed by atoms with E-state index in [9.17, 15) is 4.79 Å². The number of methoxy groups -OCH3 is 1. The number of hydrogen-bond donors (Lipinski definition) is 1. The van der Waals surface area contributed by atoms with Crippen LogP contribution in [-0.4, -0.2) is 59.2 Å². The fraction of sp³-hybridized carbons (Fsp3) is 0.304. The molecule has 0 bridgehead atoms. The molecule has 1 aliphatic rings. The molecule has 0 atom stereocenters. The molecule has 1 amide bonds. The first-order valence-electron chi connectivity index (χ1n) is 9.90. The van der Waals surface area contributed by atoms with Gasteiger partial charge in [0, 0.05) is 43.9 Å². The molecule has 1 aromatic heterocycles. The topological polar surface area (TPSA) is 61.5 Å². The van der Waals surface area contributed by atoms with E-state index in [1.165, 1.54) is 11.1 Å². The van der Waals surface area contributed by atoms with Crippen molar-refractivity contribution in [1.82, 2.24) is 20.0 Å². The first kappa shape index (κ1) is 19.2. The Hall–Kier alpha value is -3.12. The first-order valence-corrected chi connectivity index (χ1v) is 9.90. The van der Waals surface area contributed by atoms with Crippen molar-refractivity contribution in [3.63, 3.8) is 0 Å². The van der Waals surface area contributed by atoms with Crippen molar-refractivity contribution in [2.75, 3.05) is 33.3 Å². The van der Waals surface area contributed by atoms with E-state index in [-0.39, 0.29) is 5.91 Å². The first-order chi connectivity index (χ1) is 14.1. The molecule has 0 spiro atoms. The minimum Gasteiger partial charge on any atom is -0.496 e. The van der Waals surface area contributed by atoms with Crippen LogP contribution in [0.2, 0.25) is 0 Å². The van der Waals surface area contributed by atoms with E-state index in [1.54, 1.807) is 7.11 Å². The highest BCUT2D eigenvalue weighted by Crippen LogP contribution is 2.22. The van der Waals surface area contributed by atoms with E-state index in [0.29, 0.717) is 18.8 Å². The van der Waals surface area contributed by atoms with E-state index in [4.69, 9.17) is 4.74 Å². The number of nitrogens with one attached hydrogen (secondary N) is 1. The molecule has 2 aromatic carbocycles. The molecule has 0 aliphatic carbocycles. The summed E-state index contributed by atoms with van der Waals surface area (Å²) in [5.41, 5.74) is 4.74. The molecule has 6 heteroatoms. The molecule has 1 N–H and O–H groups in total. The van der Waals surface area contributed by atoms with Crippen LogP contribution >= 0.6 is 0 Å². The van der Waals surface area contributed by atoms with Gasteiger partial charge in [0.25, 0.3) is 5.91 Å². The van der Waals surface area contributed by atoms with Crippen molar-refractivity contribution < 1.29 is 9.53 Å². The lowest BCUT2D eigenvalue weighted by Gasteiger charge is -2.34. The lowest BCUT2D eigenvalue weighted by Crippen LogP contribution is -2.48. The van der Waals surface area contributed by atoms with Crippen molar-refractivity contribution in [3.05, 3.63) is 71.4 Å².